The quantitative estimate of drug-likeness (QED) is 0.0745. The van der Waals surface area contributed by atoms with Gasteiger partial charge >= 0.3 is 59.1 Å². The van der Waals surface area contributed by atoms with Gasteiger partial charge in [0.25, 0.3) is 0 Å². The molecule has 0 radical (unpaired) electrons. The molecule has 0 heterocycles. The average Bonchev–Trinajstić information content (AvgIpc) is 2.86. The fraction of sp³-hybridized carbons (Fsp3) is 0.130. The number of rotatable bonds is 9. The predicted molar refractivity (Wildman–Crippen MR) is 140 cm³/mol. The van der Waals surface area contributed by atoms with Crippen LogP contribution >= 0.6 is 0 Å². The second kappa shape index (κ2) is 13.4. The molecule has 3 N–H and O–H groups in total. The number of ketones is 2. The van der Waals surface area contributed by atoms with Crippen LogP contribution in [0.3, 0.4) is 0 Å². The number of carbonyl (C=O) groups is 2. The molecule has 0 saturated carbocycles. The molecule has 0 fully saturated rings. The van der Waals surface area contributed by atoms with Crippen molar-refractivity contribution in [3.05, 3.63) is 76.9 Å². The Morgan fingerprint density at radius 3 is 1.98 bits per heavy atom. The van der Waals surface area contributed by atoms with E-state index < -0.39 is 70.6 Å². The molecule has 14 nitrogen and oxygen atoms in total. The maximum atomic E-state index is 13.4. The Balaban J connectivity index is 0.00000308. The molecule has 0 saturated heterocycles. The van der Waals surface area contributed by atoms with Crippen LogP contribution in [0.2, 0.25) is 0 Å². The van der Waals surface area contributed by atoms with E-state index in [9.17, 15) is 43.9 Å². The Kier molecular flexibility index (Phi) is 11.6. The van der Waals surface area contributed by atoms with Gasteiger partial charge in [0.2, 0.25) is 20.4 Å². The van der Waals surface area contributed by atoms with Gasteiger partial charge in [0.05, 0.1) is 45.4 Å². The van der Waals surface area contributed by atoms with E-state index in [0.29, 0.717) is 0 Å². The maximum absolute atomic E-state index is 13.4. The molecule has 3 aromatic rings. The summed E-state index contributed by atoms with van der Waals surface area (Å²) >= 11 is 0. The van der Waals surface area contributed by atoms with Crippen LogP contribution in [-0.4, -0.2) is 65.3 Å². The van der Waals surface area contributed by atoms with Gasteiger partial charge in [-0.05, 0) is 24.3 Å². The third kappa shape index (κ3) is 7.61. The molecule has 212 valence electrons. The third-order valence-electron chi connectivity index (χ3n) is 5.94. The van der Waals surface area contributed by atoms with Crippen LogP contribution in [0.1, 0.15) is 31.8 Å². The van der Waals surface area contributed by atoms with Gasteiger partial charge in [0, 0.05) is 23.9 Å². The summed E-state index contributed by atoms with van der Waals surface area (Å²) in [5, 5.41) is 2.76. The van der Waals surface area contributed by atoms with Crippen molar-refractivity contribution in [1.82, 2.24) is 0 Å². The van der Waals surface area contributed by atoms with E-state index in [1.807, 2.05) is 0 Å². The van der Waals surface area contributed by atoms with Gasteiger partial charge < -0.3 is 20.2 Å². The van der Waals surface area contributed by atoms with Crippen molar-refractivity contribution in [2.24, 2.45) is 0 Å². The van der Waals surface area contributed by atoms with Gasteiger partial charge in [-0.2, -0.15) is 0 Å². The van der Waals surface area contributed by atoms with E-state index in [1.165, 1.54) is 48.5 Å². The second-order valence-electron chi connectivity index (χ2n) is 8.43. The molecule has 1 aliphatic rings. The first-order valence-corrected chi connectivity index (χ1v) is 15.4. The summed E-state index contributed by atoms with van der Waals surface area (Å²) in [4.78, 5) is 25.7. The van der Waals surface area contributed by atoms with E-state index in [2.05, 4.69) is 9.50 Å². The molecule has 0 bridgehead atoms. The fourth-order valence-corrected chi connectivity index (χ4v) is 6.10. The number of nitrogen functional groups attached to an aromatic ring is 1. The maximum Gasteiger partial charge on any atom is 1.00 e. The van der Waals surface area contributed by atoms with Crippen molar-refractivity contribution in [1.29, 1.82) is 0 Å². The number of anilines is 4. The van der Waals surface area contributed by atoms with E-state index in [4.69, 9.17) is 5.73 Å². The summed E-state index contributed by atoms with van der Waals surface area (Å²) in [6.07, 6.45) is 0. The van der Waals surface area contributed by atoms with Gasteiger partial charge in [0.15, 0.2) is 11.6 Å². The largest absolute Gasteiger partial charge is 1.00 e. The molecule has 1 aliphatic carbocycles. The van der Waals surface area contributed by atoms with Crippen LogP contribution in [0.5, 0.6) is 0 Å². The summed E-state index contributed by atoms with van der Waals surface area (Å²) < 4.78 is 97.6. The number of nitrogens with one attached hydrogen (secondary N) is 1. The number of carbonyl (C=O) groups excluding carboxylic acids is 2. The van der Waals surface area contributed by atoms with Crippen LogP contribution < -0.4 is 74.5 Å². The van der Waals surface area contributed by atoms with E-state index in [0.717, 1.165) is 17.4 Å². The molecule has 0 amide bonds. The smallest absolute Gasteiger partial charge is 0.744 e. The molecule has 42 heavy (non-hydrogen) atoms. The molecular formula is C23H19N3Na2O11S3. The zero-order valence-corrected chi connectivity index (χ0v) is 28.8. The minimum atomic E-state index is -5.20. The molecule has 0 aliphatic heterocycles. The number of hydrogen-bond donors (Lipinski definition) is 2. The van der Waals surface area contributed by atoms with E-state index >= 15 is 0 Å². The minimum Gasteiger partial charge on any atom is -0.744 e. The van der Waals surface area contributed by atoms with Gasteiger partial charge in [-0.25, -0.2) is 25.3 Å². The van der Waals surface area contributed by atoms with Crippen molar-refractivity contribution in [2.75, 3.05) is 34.8 Å². The topological polar surface area (TPSA) is 233 Å². The van der Waals surface area contributed by atoms with Crippen molar-refractivity contribution >= 4 is 64.9 Å². The second-order valence-corrected chi connectivity index (χ2v) is 13.0. The molecule has 0 unspecified atom stereocenters. The van der Waals surface area contributed by atoms with E-state index in [-0.39, 0.29) is 92.9 Å². The molecule has 3 aromatic carbocycles. The molecule has 19 heteroatoms. The van der Waals surface area contributed by atoms with Gasteiger partial charge in [-0.1, -0.05) is 30.3 Å². The average molecular weight is 656 g/mol. The normalized spacial score (nSPS) is 12.8. The van der Waals surface area contributed by atoms with Gasteiger partial charge in [-0.15, -0.1) is 0 Å². The fourth-order valence-electron chi connectivity index (χ4n) is 4.07. The van der Waals surface area contributed by atoms with Crippen LogP contribution in [0.25, 0.3) is 0 Å². The molecule has 0 aromatic heterocycles. The molecule has 0 spiro atoms. The Labute approximate surface area is 286 Å². The minimum absolute atomic E-state index is 0. The Morgan fingerprint density at radius 2 is 1.43 bits per heavy atom. The van der Waals surface area contributed by atoms with Crippen molar-refractivity contribution in [2.45, 2.75) is 4.90 Å². The van der Waals surface area contributed by atoms with Crippen LogP contribution in [0.15, 0.2) is 59.5 Å². The predicted octanol–water partition coefficient (Wildman–Crippen LogP) is -5.06. The van der Waals surface area contributed by atoms with E-state index in [1.54, 1.807) is 0 Å². The van der Waals surface area contributed by atoms with Crippen LogP contribution in [0, 0.1) is 0 Å². The first-order chi connectivity index (χ1) is 18.5. The number of sulfonamides is 1. The van der Waals surface area contributed by atoms with Crippen LogP contribution in [0.4, 0.5) is 22.7 Å². The number of nitrogens with two attached hydrogens (primary N) is 1. The number of fused-ring (bicyclic) bond motifs is 2. The number of benzene rings is 3. The number of hydrogen-bond acceptors (Lipinski definition) is 13. The summed E-state index contributed by atoms with van der Waals surface area (Å²) in [7, 11) is -13.3. The summed E-state index contributed by atoms with van der Waals surface area (Å²) in [6, 6.07) is 12.1. The summed E-state index contributed by atoms with van der Waals surface area (Å²) in [5.74, 6) is -2.29. The standard InChI is InChI=1S/C23H21N3O11S3.2Na/c1-26(38(29,30)10-9-37-40(34,35)36)14-6-4-5-13(11-14)25-17-12-18(39(31,32)33)21(24)20-19(17)22(27)15-7-2-3-8-16(15)23(20)28;;/h2-8,11-12,25H,9-10,24H2,1H3,(H,31,32,33)(H,34,35,36);;/q;2*+1/p-2. The van der Waals surface area contributed by atoms with Gasteiger partial charge in [-0.3, -0.25) is 18.1 Å². The Hall–Kier alpha value is -1.87. The van der Waals surface area contributed by atoms with Crippen molar-refractivity contribution in [3.8, 4) is 0 Å². The van der Waals surface area contributed by atoms with Gasteiger partial charge in [0.1, 0.15) is 10.1 Å². The molecule has 4 rings (SSSR count). The first-order valence-electron chi connectivity index (χ1n) is 11.1. The number of nitrogens with zero attached hydrogens (tertiary/aromatic N) is 1. The SMILES string of the molecule is CN(c1cccc(Nc2cc(S(=O)(=O)[O-])c(N)c3c2C(=O)c2ccccc2C3=O)c1)S(=O)(=O)CCOS(=O)(=O)[O-].[Na+].[Na+]. The third-order valence-corrected chi connectivity index (χ3v) is 9.00. The first kappa shape index (κ1) is 36.3. The molecule has 0 atom stereocenters. The Morgan fingerprint density at radius 1 is 0.857 bits per heavy atom. The molecular weight excluding hydrogens is 636 g/mol. The zero-order valence-electron chi connectivity index (χ0n) is 22.4. The summed E-state index contributed by atoms with van der Waals surface area (Å²) in [5.41, 5.74) is 4.39. The monoisotopic (exact) mass is 655 g/mol. The Bertz CT molecular complexity index is 1900. The van der Waals surface area contributed by atoms with Crippen molar-refractivity contribution in [3.63, 3.8) is 0 Å². The zero-order chi connectivity index (χ0) is 29.6. The van der Waals surface area contributed by atoms with Crippen molar-refractivity contribution < 1.29 is 107 Å². The van der Waals surface area contributed by atoms with Crippen LogP contribution in [-0.2, 0) is 34.7 Å². The summed E-state index contributed by atoms with van der Waals surface area (Å²) in [6.45, 7) is -0.919.